The molecule has 0 aromatic heterocycles. The lowest BCUT2D eigenvalue weighted by Gasteiger charge is -2.44. The maximum absolute atomic E-state index is 11.8. The summed E-state index contributed by atoms with van der Waals surface area (Å²) in [4.78, 5) is 11.8. The van der Waals surface area contributed by atoms with Gasteiger partial charge in [0.05, 0.1) is 0 Å². The van der Waals surface area contributed by atoms with Crippen molar-refractivity contribution < 1.29 is 4.79 Å². The molecule has 0 spiro atoms. The van der Waals surface area contributed by atoms with Gasteiger partial charge in [-0.15, -0.1) is 0 Å². The summed E-state index contributed by atoms with van der Waals surface area (Å²) in [6.07, 6.45) is 0.945. The van der Waals surface area contributed by atoms with Crippen LogP contribution in [0.3, 0.4) is 0 Å². The standard InChI is InChI=1S/C26H30O/c1-17-11-18(2)13-19(12-17)9-10-20-14-22-23(15-21(20)16-27)25(5,6)26(7,8)24(22,3)4/h11-16H,1-8H3. The lowest BCUT2D eigenvalue weighted by atomic mass is 9.59. The highest BCUT2D eigenvalue weighted by Gasteiger charge is 2.56. The first kappa shape index (κ1) is 19.4. The van der Waals surface area contributed by atoms with Crippen LogP contribution in [-0.2, 0) is 10.8 Å². The van der Waals surface area contributed by atoms with Gasteiger partial charge in [0.1, 0.15) is 0 Å². The quantitative estimate of drug-likeness (QED) is 0.444. The van der Waals surface area contributed by atoms with Crippen molar-refractivity contribution in [2.75, 3.05) is 0 Å². The van der Waals surface area contributed by atoms with Crippen LogP contribution in [0.2, 0.25) is 0 Å². The van der Waals surface area contributed by atoms with Gasteiger partial charge in [-0.2, -0.15) is 0 Å². The number of aldehydes is 1. The van der Waals surface area contributed by atoms with Gasteiger partial charge in [0.2, 0.25) is 0 Å². The SMILES string of the molecule is Cc1cc(C)cc(C#Cc2cc3c(cc2C=O)C(C)(C)C(C)(C)C3(C)C)c1. The van der Waals surface area contributed by atoms with Gasteiger partial charge in [-0.25, -0.2) is 0 Å². The molecule has 2 aromatic carbocycles. The summed E-state index contributed by atoms with van der Waals surface area (Å²) in [6.45, 7) is 18.0. The molecule has 0 unspecified atom stereocenters. The molecule has 27 heavy (non-hydrogen) atoms. The topological polar surface area (TPSA) is 17.1 Å². The fourth-order valence-electron chi connectivity index (χ4n) is 4.50. The fourth-order valence-corrected chi connectivity index (χ4v) is 4.50. The summed E-state index contributed by atoms with van der Waals surface area (Å²) in [5, 5.41) is 0. The first-order valence-electron chi connectivity index (χ1n) is 9.66. The zero-order chi connectivity index (χ0) is 20.2. The maximum atomic E-state index is 11.8. The van der Waals surface area contributed by atoms with Crippen LogP contribution in [-0.4, -0.2) is 6.29 Å². The highest BCUT2D eigenvalue weighted by molar-refractivity contribution is 5.81. The van der Waals surface area contributed by atoms with E-state index in [1.54, 1.807) is 0 Å². The molecule has 0 bridgehead atoms. The Morgan fingerprint density at radius 3 is 1.78 bits per heavy atom. The van der Waals surface area contributed by atoms with Crippen LogP contribution in [0, 0.1) is 31.1 Å². The van der Waals surface area contributed by atoms with E-state index >= 15 is 0 Å². The van der Waals surface area contributed by atoms with Gasteiger partial charge >= 0.3 is 0 Å². The first-order valence-corrected chi connectivity index (χ1v) is 9.66. The number of aryl methyl sites for hydroxylation is 2. The number of rotatable bonds is 1. The monoisotopic (exact) mass is 358 g/mol. The van der Waals surface area contributed by atoms with Crippen LogP contribution >= 0.6 is 0 Å². The summed E-state index contributed by atoms with van der Waals surface area (Å²) >= 11 is 0. The molecule has 0 atom stereocenters. The summed E-state index contributed by atoms with van der Waals surface area (Å²) < 4.78 is 0. The van der Waals surface area contributed by atoms with Crippen LogP contribution in [0.5, 0.6) is 0 Å². The second-order valence-electron chi connectivity index (χ2n) is 9.60. The van der Waals surface area contributed by atoms with Crippen molar-refractivity contribution >= 4 is 6.29 Å². The lowest BCUT2D eigenvalue weighted by molar-refractivity contribution is 0.112. The van der Waals surface area contributed by atoms with E-state index in [1.807, 2.05) is 0 Å². The molecule has 0 radical (unpaired) electrons. The Morgan fingerprint density at radius 1 is 0.741 bits per heavy atom. The molecule has 140 valence electrons. The van der Waals surface area contributed by atoms with E-state index in [2.05, 4.69) is 97.6 Å². The molecule has 0 aliphatic heterocycles. The second-order valence-corrected chi connectivity index (χ2v) is 9.60. The van der Waals surface area contributed by atoms with Crippen molar-refractivity contribution in [1.82, 2.24) is 0 Å². The van der Waals surface area contributed by atoms with Crippen molar-refractivity contribution in [2.45, 2.75) is 66.2 Å². The zero-order valence-electron chi connectivity index (χ0n) is 17.9. The van der Waals surface area contributed by atoms with Gasteiger partial charge in [0, 0.05) is 16.7 Å². The largest absolute Gasteiger partial charge is 0.298 e. The Morgan fingerprint density at radius 2 is 1.26 bits per heavy atom. The van der Waals surface area contributed by atoms with Gasteiger partial charge in [0.25, 0.3) is 0 Å². The third-order valence-electron chi connectivity index (χ3n) is 7.35. The Kier molecular flexibility index (Phi) is 4.39. The lowest BCUT2D eigenvalue weighted by Crippen LogP contribution is -2.42. The molecule has 0 saturated heterocycles. The molecule has 1 aliphatic rings. The molecular weight excluding hydrogens is 328 g/mol. The molecule has 0 heterocycles. The van der Waals surface area contributed by atoms with Crippen molar-refractivity contribution in [1.29, 1.82) is 0 Å². The van der Waals surface area contributed by atoms with E-state index in [1.165, 1.54) is 22.3 Å². The van der Waals surface area contributed by atoms with Crippen LogP contribution < -0.4 is 0 Å². The summed E-state index contributed by atoms with van der Waals surface area (Å²) in [6, 6.07) is 10.5. The average molecular weight is 359 g/mol. The molecule has 0 N–H and O–H groups in total. The Balaban J connectivity index is 2.19. The second kappa shape index (κ2) is 6.10. The van der Waals surface area contributed by atoms with E-state index in [0.29, 0.717) is 5.56 Å². The summed E-state index contributed by atoms with van der Waals surface area (Å²) in [5.41, 5.74) is 7.56. The number of benzene rings is 2. The molecule has 0 amide bonds. The highest BCUT2D eigenvalue weighted by atomic mass is 16.1. The Labute approximate surface area is 164 Å². The number of carbonyl (C=O) groups excluding carboxylic acids is 1. The van der Waals surface area contributed by atoms with E-state index < -0.39 is 0 Å². The predicted molar refractivity (Wildman–Crippen MR) is 114 cm³/mol. The number of hydrogen-bond acceptors (Lipinski definition) is 1. The summed E-state index contributed by atoms with van der Waals surface area (Å²) in [7, 11) is 0. The van der Waals surface area contributed by atoms with Crippen LogP contribution in [0.4, 0.5) is 0 Å². The first-order chi connectivity index (χ1) is 12.4. The molecule has 1 aliphatic carbocycles. The number of hydrogen-bond donors (Lipinski definition) is 0. The third-order valence-corrected chi connectivity index (χ3v) is 7.35. The van der Waals surface area contributed by atoms with Gasteiger partial charge in [-0.1, -0.05) is 59.4 Å². The van der Waals surface area contributed by atoms with Gasteiger partial charge in [-0.05, 0) is 76.6 Å². The Bertz CT molecular complexity index is 971. The smallest absolute Gasteiger partial charge is 0.151 e. The van der Waals surface area contributed by atoms with Gasteiger partial charge in [0.15, 0.2) is 6.29 Å². The van der Waals surface area contributed by atoms with Crippen molar-refractivity contribution in [3.8, 4) is 11.8 Å². The van der Waals surface area contributed by atoms with Crippen molar-refractivity contribution in [3.63, 3.8) is 0 Å². The predicted octanol–water partition coefficient (Wildman–Crippen LogP) is 6.11. The maximum Gasteiger partial charge on any atom is 0.151 e. The van der Waals surface area contributed by atoms with E-state index in [0.717, 1.165) is 17.4 Å². The van der Waals surface area contributed by atoms with Crippen LogP contribution in [0.25, 0.3) is 0 Å². The number of carbonyl (C=O) groups is 1. The van der Waals surface area contributed by atoms with Gasteiger partial charge in [-0.3, -0.25) is 4.79 Å². The summed E-state index contributed by atoms with van der Waals surface area (Å²) in [5.74, 6) is 6.54. The molecule has 1 nitrogen and oxygen atoms in total. The van der Waals surface area contributed by atoms with Gasteiger partial charge < -0.3 is 0 Å². The molecule has 3 rings (SSSR count). The fraction of sp³-hybridized carbons (Fsp3) is 0.423. The van der Waals surface area contributed by atoms with Crippen LogP contribution in [0.15, 0.2) is 30.3 Å². The minimum Gasteiger partial charge on any atom is -0.298 e. The third kappa shape index (κ3) is 2.83. The molecule has 0 fully saturated rings. The number of fused-ring (bicyclic) bond motifs is 1. The molecule has 2 aromatic rings. The Hall–Kier alpha value is -2.33. The normalized spacial score (nSPS) is 18.4. The highest BCUT2D eigenvalue weighted by Crippen LogP contribution is 2.61. The zero-order valence-corrected chi connectivity index (χ0v) is 17.9. The average Bonchev–Trinajstić information content (AvgIpc) is 2.66. The van der Waals surface area contributed by atoms with E-state index in [9.17, 15) is 4.79 Å². The minimum absolute atomic E-state index is 0.00357. The van der Waals surface area contributed by atoms with Crippen LogP contribution in [0.1, 0.15) is 85.3 Å². The molecule has 1 heteroatoms. The van der Waals surface area contributed by atoms with Crippen molar-refractivity contribution in [2.24, 2.45) is 5.41 Å². The van der Waals surface area contributed by atoms with Crippen molar-refractivity contribution in [3.05, 3.63) is 69.3 Å². The molecule has 0 saturated carbocycles. The van der Waals surface area contributed by atoms with E-state index in [4.69, 9.17) is 0 Å². The van der Waals surface area contributed by atoms with E-state index in [-0.39, 0.29) is 16.2 Å². The molecular formula is C26H30O. The minimum atomic E-state index is -0.0107.